The number of hydrogen-bond acceptors (Lipinski definition) is 6. The lowest BCUT2D eigenvalue weighted by atomic mass is 10.1. The van der Waals surface area contributed by atoms with E-state index in [9.17, 15) is 14.8 Å². The van der Waals surface area contributed by atoms with Gasteiger partial charge in [-0.15, -0.1) is 0 Å². The molecule has 0 amide bonds. The first kappa shape index (κ1) is 28.7. The molecule has 0 aliphatic heterocycles. The Morgan fingerprint density at radius 3 is 2.03 bits per heavy atom. The molecule has 174 valence electrons. The Morgan fingerprint density at radius 2 is 1.48 bits per heavy atom. The number of carbonyl (C=O) groups is 1. The van der Waals surface area contributed by atoms with Crippen LogP contribution in [0.15, 0.2) is 0 Å². The first-order chi connectivity index (χ1) is 13.7. The number of carboxylic acids is 1. The monoisotopic (exact) mass is 439 g/mol. The van der Waals surface area contributed by atoms with Gasteiger partial charge in [-0.2, -0.15) is 0 Å². The molecule has 0 aliphatic carbocycles. The maximum Gasteiger partial charge on any atom is 0.330 e. The maximum atomic E-state index is 12.3. The van der Waals surface area contributed by atoms with Gasteiger partial charge in [0.2, 0.25) is 0 Å². The molecule has 9 heteroatoms. The van der Waals surface area contributed by atoms with E-state index in [1.807, 2.05) is 0 Å². The van der Waals surface area contributed by atoms with Gasteiger partial charge in [-0.3, -0.25) is 4.79 Å². The molecule has 0 aliphatic rings. The standard InChI is InChI=1S/C20H42NO7P/c1-5-6-7-8-9-11-14-26-15-12-10-13-16-27-29(25)28-18(17-19(22)23)20(24)21(2,3)4/h18,20,25H,5-17H2,1-4H3,(H,22,23). The van der Waals surface area contributed by atoms with Gasteiger partial charge < -0.3 is 33.4 Å². The summed E-state index contributed by atoms with van der Waals surface area (Å²) in [7, 11) is 2.70. The molecule has 0 spiro atoms. The first-order valence-electron chi connectivity index (χ1n) is 10.7. The van der Waals surface area contributed by atoms with E-state index in [2.05, 4.69) is 6.92 Å². The number of nitrogens with zero attached hydrogens (tertiary/aromatic N) is 1. The van der Waals surface area contributed by atoms with Gasteiger partial charge in [0, 0.05) is 19.4 Å². The molecule has 0 aromatic heterocycles. The zero-order valence-corrected chi connectivity index (χ0v) is 19.6. The summed E-state index contributed by atoms with van der Waals surface area (Å²) in [5.41, 5.74) is 0. The predicted octanol–water partition coefficient (Wildman–Crippen LogP) is 3.02. The van der Waals surface area contributed by atoms with Crippen molar-refractivity contribution in [2.24, 2.45) is 0 Å². The van der Waals surface area contributed by atoms with Gasteiger partial charge in [0.15, 0.2) is 0 Å². The van der Waals surface area contributed by atoms with Crippen LogP contribution in [0.25, 0.3) is 0 Å². The Hall–Kier alpha value is -0.340. The maximum absolute atomic E-state index is 12.3. The zero-order chi connectivity index (χ0) is 22.1. The average Bonchev–Trinajstić information content (AvgIpc) is 2.63. The van der Waals surface area contributed by atoms with Crippen molar-refractivity contribution in [1.29, 1.82) is 0 Å². The SMILES string of the molecule is CCCCCCCCOCCCCCOP(O)OC(CC(=O)O)C([O-])[N+](C)(C)C. The van der Waals surface area contributed by atoms with Crippen LogP contribution in [0, 0.1) is 0 Å². The van der Waals surface area contributed by atoms with Crippen LogP contribution in [0.3, 0.4) is 0 Å². The summed E-state index contributed by atoms with van der Waals surface area (Å²) in [4.78, 5) is 20.8. The number of unbranched alkanes of at least 4 members (excludes halogenated alkanes) is 7. The number of hydrogen-bond donors (Lipinski definition) is 2. The van der Waals surface area contributed by atoms with E-state index < -0.39 is 33.3 Å². The van der Waals surface area contributed by atoms with Gasteiger partial charge in [0.05, 0.1) is 34.2 Å². The van der Waals surface area contributed by atoms with E-state index in [-0.39, 0.29) is 4.48 Å². The summed E-state index contributed by atoms with van der Waals surface area (Å²) in [6.45, 7) is 4.05. The first-order valence-corrected chi connectivity index (χ1v) is 11.9. The van der Waals surface area contributed by atoms with Crippen LogP contribution in [0.1, 0.15) is 71.1 Å². The van der Waals surface area contributed by atoms with Crippen molar-refractivity contribution in [3.8, 4) is 0 Å². The van der Waals surface area contributed by atoms with Crippen LogP contribution >= 0.6 is 8.60 Å². The average molecular weight is 440 g/mol. The summed E-state index contributed by atoms with van der Waals surface area (Å²) >= 11 is 0. The second-order valence-electron chi connectivity index (χ2n) is 8.26. The Bertz CT molecular complexity index is 407. The molecule has 0 saturated heterocycles. The lowest BCUT2D eigenvalue weighted by molar-refractivity contribution is -0.973. The molecule has 2 N–H and O–H groups in total. The van der Waals surface area contributed by atoms with Crippen molar-refractivity contribution < 1.29 is 38.2 Å². The van der Waals surface area contributed by atoms with Crippen molar-refractivity contribution in [2.75, 3.05) is 41.0 Å². The highest BCUT2D eigenvalue weighted by molar-refractivity contribution is 7.40. The van der Waals surface area contributed by atoms with Gasteiger partial charge in [-0.05, 0) is 25.7 Å². The van der Waals surface area contributed by atoms with Crippen molar-refractivity contribution in [3.05, 3.63) is 0 Å². The van der Waals surface area contributed by atoms with E-state index >= 15 is 0 Å². The molecule has 0 radical (unpaired) electrons. The normalized spacial score (nSPS) is 15.2. The van der Waals surface area contributed by atoms with E-state index in [1.165, 1.54) is 32.1 Å². The summed E-state index contributed by atoms with van der Waals surface area (Å²) < 4.78 is 16.0. The fourth-order valence-electron chi connectivity index (χ4n) is 2.72. The van der Waals surface area contributed by atoms with Gasteiger partial charge in [-0.25, -0.2) is 0 Å². The minimum Gasteiger partial charge on any atom is -0.804 e. The fourth-order valence-corrected chi connectivity index (χ4v) is 3.48. The summed E-state index contributed by atoms with van der Waals surface area (Å²) in [5, 5.41) is 21.3. The smallest absolute Gasteiger partial charge is 0.330 e. The predicted molar refractivity (Wildman–Crippen MR) is 112 cm³/mol. The lowest BCUT2D eigenvalue weighted by Crippen LogP contribution is -2.60. The number of ether oxygens (including phenoxy) is 1. The summed E-state index contributed by atoms with van der Waals surface area (Å²) in [6.07, 6.45) is 7.14. The Kier molecular flexibility index (Phi) is 17.1. The van der Waals surface area contributed by atoms with Crippen LogP contribution in [-0.2, 0) is 18.6 Å². The second kappa shape index (κ2) is 17.4. The molecular formula is C20H42NO7P. The van der Waals surface area contributed by atoms with E-state index in [0.29, 0.717) is 6.61 Å². The zero-order valence-electron chi connectivity index (χ0n) is 18.7. The topological polar surface area (TPSA) is 108 Å². The van der Waals surface area contributed by atoms with Crippen molar-refractivity contribution >= 4 is 14.6 Å². The summed E-state index contributed by atoms with van der Waals surface area (Å²) in [6, 6.07) is 0. The van der Waals surface area contributed by atoms with Crippen LogP contribution in [0.4, 0.5) is 0 Å². The minimum absolute atomic E-state index is 0.0140. The van der Waals surface area contributed by atoms with E-state index in [0.717, 1.165) is 38.9 Å². The molecular weight excluding hydrogens is 397 g/mol. The molecule has 0 saturated carbocycles. The molecule has 0 aromatic carbocycles. The molecule has 29 heavy (non-hydrogen) atoms. The number of rotatable bonds is 20. The summed E-state index contributed by atoms with van der Waals surface area (Å²) in [5.74, 6) is -1.14. The minimum atomic E-state index is -2.27. The van der Waals surface area contributed by atoms with Crippen molar-refractivity contribution in [3.63, 3.8) is 0 Å². The number of carboxylic acid groups (broad SMARTS) is 1. The number of aliphatic carboxylic acids is 1. The second-order valence-corrected chi connectivity index (χ2v) is 9.21. The van der Waals surface area contributed by atoms with E-state index in [4.69, 9.17) is 18.9 Å². The molecule has 0 bridgehead atoms. The Labute approximate surface area is 177 Å². The largest absolute Gasteiger partial charge is 0.804 e. The third-order valence-electron chi connectivity index (χ3n) is 4.46. The third-order valence-corrected chi connectivity index (χ3v) is 5.31. The van der Waals surface area contributed by atoms with Crippen LogP contribution < -0.4 is 5.11 Å². The van der Waals surface area contributed by atoms with Crippen LogP contribution in [0.5, 0.6) is 0 Å². The molecule has 3 unspecified atom stereocenters. The van der Waals surface area contributed by atoms with Crippen molar-refractivity contribution in [2.45, 2.75) is 83.5 Å². The molecule has 8 nitrogen and oxygen atoms in total. The Balaban J connectivity index is 3.76. The third kappa shape index (κ3) is 17.1. The van der Waals surface area contributed by atoms with Crippen LogP contribution in [-0.4, -0.2) is 73.7 Å². The fraction of sp³-hybridized carbons (Fsp3) is 0.950. The molecule has 3 atom stereocenters. The highest BCUT2D eigenvalue weighted by Crippen LogP contribution is 2.36. The molecule has 0 heterocycles. The van der Waals surface area contributed by atoms with Gasteiger partial charge in [0.25, 0.3) is 0 Å². The molecule has 0 fully saturated rings. The van der Waals surface area contributed by atoms with Crippen molar-refractivity contribution in [1.82, 2.24) is 0 Å². The highest BCUT2D eigenvalue weighted by atomic mass is 31.2. The van der Waals surface area contributed by atoms with Crippen LogP contribution in [0.2, 0.25) is 0 Å². The lowest BCUT2D eigenvalue weighted by Gasteiger charge is -2.42. The molecule has 0 aromatic rings. The van der Waals surface area contributed by atoms with Gasteiger partial charge in [-0.1, -0.05) is 39.0 Å². The van der Waals surface area contributed by atoms with Gasteiger partial charge >= 0.3 is 14.6 Å². The van der Waals surface area contributed by atoms with E-state index in [1.54, 1.807) is 21.1 Å². The highest BCUT2D eigenvalue weighted by Gasteiger charge is 2.29. The number of quaternary nitrogens is 1. The number of likely N-dealkylation sites (N-methyl/N-ethyl adjacent to an activating group) is 1. The Morgan fingerprint density at radius 1 is 0.966 bits per heavy atom. The molecule has 0 rings (SSSR count). The quantitative estimate of drug-likeness (QED) is 0.130. The van der Waals surface area contributed by atoms with Gasteiger partial charge in [0.1, 0.15) is 6.10 Å².